The van der Waals surface area contributed by atoms with E-state index in [9.17, 15) is 9.18 Å². The van der Waals surface area contributed by atoms with Crippen LogP contribution < -0.4 is 5.32 Å². The van der Waals surface area contributed by atoms with E-state index in [2.05, 4.69) is 22.1 Å². The smallest absolute Gasteiger partial charge is 0.338 e. The molecule has 0 radical (unpaired) electrons. The quantitative estimate of drug-likeness (QED) is 0.681. The molecule has 1 aromatic carbocycles. The van der Waals surface area contributed by atoms with Gasteiger partial charge in [0.1, 0.15) is 11.9 Å². The maximum atomic E-state index is 13.7. The minimum atomic E-state index is -0.717. The summed E-state index contributed by atoms with van der Waals surface area (Å²) in [6.45, 7) is 6.64. The summed E-state index contributed by atoms with van der Waals surface area (Å²) in [5.41, 5.74) is 1.65. The molecule has 30 heavy (non-hydrogen) atoms. The number of nitrogens with zero attached hydrogens (tertiary/aromatic N) is 3. The average molecular weight is 449 g/mol. The molecule has 2 aliphatic heterocycles. The minimum absolute atomic E-state index is 0.211. The Hall–Kier alpha value is -2.29. The molecule has 2 aliphatic rings. The Bertz CT molecular complexity index is 1000. The van der Waals surface area contributed by atoms with Crippen molar-refractivity contribution in [2.45, 2.75) is 19.9 Å². The number of hydrogen-bond acceptors (Lipinski definition) is 7. The molecule has 0 aliphatic carbocycles. The van der Waals surface area contributed by atoms with Gasteiger partial charge < -0.3 is 10.1 Å². The van der Waals surface area contributed by atoms with Gasteiger partial charge in [0.15, 0.2) is 10.8 Å². The normalized spacial score (nSPS) is 19.9. The molecule has 1 saturated heterocycles. The van der Waals surface area contributed by atoms with Crippen molar-refractivity contribution in [2.24, 2.45) is 10.9 Å². The number of amidine groups is 1. The lowest BCUT2D eigenvalue weighted by Crippen LogP contribution is -2.49. The van der Waals surface area contributed by atoms with Gasteiger partial charge in [-0.2, -0.15) is 0 Å². The fourth-order valence-corrected chi connectivity index (χ4v) is 4.61. The topological polar surface area (TPSA) is 66.8 Å². The van der Waals surface area contributed by atoms with Gasteiger partial charge in [-0.25, -0.2) is 14.2 Å². The number of carbonyl (C=O) groups is 1. The third-order valence-corrected chi connectivity index (χ3v) is 6.14. The highest BCUT2D eigenvalue weighted by molar-refractivity contribution is 7.11. The Morgan fingerprint density at radius 3 is 2.87 bits per heavy atom. The number of nitrogens with one attached hydrogen (secondary N) is 1. The first-order valence-corrected chi connectivity index (χ1v) is 11.0. The number of ether oxygens (including phenoxy) is 1. The van der Waals surface area contributed by atoms with E-state index in [1.165, 1.54) is 23.5 Å². The molecule has 9 heteroatoms. The lowest BCUT2D eigenvalue weighted by molar-refractivity contribution is -0.139. The van der Waals surface area contributed by atoms with Crippen molar-refractivity contribution in [3.05, 3.63) is 62.5 Å². The van der Waals surface area contributed by atoms with Gasteiger partial charge >= 0.3 is 5.97 Å². The molecular formula is C21H22ClFN4O2S. The average Bonchev–Trinajstić information content (AvgIpc) is 3.21. The summed E-state index contributed by atoms with van der Waals surface area (Å²) in [7, 11) is 0. The molecular weight excluding hydrogens is 427 g/mol. The summed E-state index contributed by atoms with van der Waals surface area (Å²) in [5.74, 6) is 0.279. The van der Waals surface area contributed by atoms with Gasteiger partial charge in [0.25, 0.3) is 0 Å². The predicted molar refractivity (Wildman–Crippen MR) is 115 cm³/mol. The van der Waals surface area contributed by atoms with Crippen molar-refractivity contribution < 1.29 is 13.9 Å². The summed E-state index contributed by atoms with van der Waals surface area (Å²) >= 11 is 7.81. The second-order valence-electron chi connectivity index (χ2n) is 7.42. The lowest BCUT2D eigenvalue weighted by atomic mass is 9.94. The molecule has 0 spiro atoms. The maximum Gasteiger partial charge on any atom is 0.338 e. The van der Waals surface area contributed by atoms with Crippen LogP contribution in [0.2, 0.25) is 5.02 Å². The zero-order valence-corrected chi connectivity index (χ0v) is 18.3. The number of benzene rings is 1. The van der Waals surface area contributed by atoms with Crippen molar-refractivity contribution in [3.63, 3.8) is 0 Å². The zero-order chi connectivity index (χ0) is 21.3. The summed E-state index contributed by atoms with van der Waals surface area (Å²) in [5, 5.41) is 6.08. The maximum absolute atomic E-state index is 13.7. The largest absolute Gasteiger partial charge is 0.463 e. The van der Waals surface area contributed by atoms with Gasteiger partial charge in [0.2, 0.25) is 0 Å². The van der Waals surface area contributed by atoms with Crippen LogP contribution in [0, 0.1) is 11.7 Å². The Morgan fingerprint density at radius 2 is 2.23 bits per heavy atom. The van der Waals surface area contributed by atoms with Crippen LogP contribution in [0.3, 0.4) is 0 Å². The van der Waals surface area contributed by atoms with Crippen LogP contribution in [0.25, 0.3) is 0 Å². The van der Waals surface area contributed by atoms with Gasteiger partial charge in [-0.05, 0) is 25.0 Å². The van der Waals surface area contributed by atoms with Crippen molar-refractivity contribution in [3.8, 4) is 0 Å². The molecule has 3 heterocycles. The second-order valence-corrected chi connectivity index (χ2v) is 8.72. The van der Waals surface area contributed by atoms with Crippen LogP contribution in [0.4, 0.5) is 4.39 Å². The Morgan fingerprint density at radius 1 is 1.43 bits per heavy atom. The van der Waals surface area contributed by atoms with E-state index in [1.54, 1.807) is 19.2 Å². The van der Waals surface area contributed by atoms with E-state index in [1.807, 2.05) is 5.38 Å². The third-order valence-electron chi connectivity index (χ3n) is 5.03. The fraction of sp³-hybridized carbons (Fsp3) is 0.381. The first-order chi connectivity index (χ1) is 14.5. The number of aliphatic imine (C=N–C) groups is 1. The minimum Gasteiger partial charge on any atom is -0.463 e. The molecule has 0 amide bonds. The molecule has 6 nitrogen and oxygen atoms in total. The standard InChI is InChI=1S/C21H22ClFN4O2S/c1-3-29-21(28)17-16(11-27-9-12(2)10-27)25-19(20-24-6-7-30-20)26-18(17)14-5-4-13(23)8-15(14)22/h4-8,12,18H,3,9-11H2,1-2H3,(H,25,26)/t18-/m0/s1. The van der Waals surface area contributed by atoms with Crippen LogP contribution in [-0.4, -0.2) is 47.9 Å². The fourth-order valence-electron chi connectivity index (χ4n) is 3.75. The Labute approximate surface area is 183 Å². The molecule has 1 fully saturated rings. The molecule has 0 unspecified atom stereocenters. The Kier molecular flexibility index (Phi) is 6.17. The number of hydrogen-bond donors (Lipinski definition) is 1. The van der Waals surface area contributed by atoms with Crippen LogP contribution in [0.15, 0.2) is 46.0 Å². The van der Waals surface area contributed by atoms with E-state index >= 15 is 0 Å². The first-order valence-electron chi connectivity index (χ1n) is 9.78. The van der Waals surface area contributed by atoms with E-state index in [0.29, 0.717) is 40.1 Å². The van der Waals surface area contributed by atoms with Crippen molar-refractivity contribution in [1.29, 1.82) is 0 Å². The zero-order valence-electron chi connectivity index (χ0n) is 16.7. The van der Waals surface area contributed by atoms with E-state index < -0.39 is 17.8 Å². The monoisotopic (exact) mass is 448 g/mol. The van der Waals surface area contributed by atoms with E-state index in [4.69, 9.17) is 21.3 Å². The number of halogens is 2. The van der Waals surface area contributed by atoms with Gasteiger partial charge in [-0.3, -0.25) is 9.89 Å². The molecule has 4 rings (SSSR count). The lowest BCUT2D eigenvalue weighted by Gasteiger charge is -2.39. The summed E-state index contributed by atoms with van der Waals surface area (Å²) in [6.07, 6.45) is 1.70. The molecule has 1 N–H and O–H groups in total. The number of likely N-dealkylation sites (tertiary alicyclic amines) is 1. The van der Waals surface area contributed by atoms with Crippen LogP contribution in [0.1, 0.15) is 30.5 Å². The number of thiazole rings is 1. The van der Waals surface area contributed by atoms with E-state index in [-0.39, 0.29) is 11.6 Å². The van der Waals surface area contributed by atoms with Crippen molar-refractivity contribution >= 4 is 34.7 Å². The summed E-state index contributed by atoms with van der Waals surface area (Å²) in [4.78, 5) is 24.3. The predicted octanol–water partition coefficient (Wildman–Crippen LogP) is 3.80. The molecule has 0 bridgehead atoms. The molecule has 2 aromatic rings. The molecule has 0 saturated carbocycles. The van der Waals surface area contributed by atoms with Crippen LogP contribution >= 0.6 is 22.9 Å². The number of aromatic nitrogens is 1. The third kappa shape index (κ3) is 4.26. The highest BCUT2D eigenvalue weighted by Gasteiger charge is 2.35. The number of rotatable bonds is 6. The molecule has 158 valence electrons. The summed E-state index contributed by atoms with van der Waals surface area (Å²) < 4.78 is 19.0. The Balaban J connectivity index is 1.81. The van der Waals surface area contributed by atoms with Crippen LogP contribution in [0.5, 0.6) is 0 Å². The first kappa shape index (κ1) is 21.0. The van der Waals surface area contributed by atoms with Gasteiger partial charge in [0, 0.05) is 47.5 Å². The number of carbonyl (C=O) groups excluding carboxylic acids is 1. The summed E-state index contributed by atoms with van der Waals surface area (Å²) in [6, 6.07) is 3.41. The highest BCUT2D eigenvalue weighted by atomic mass is 35.5. The highest BCUT2D eigenvalue weighted by Crippen LogP contribution is 2.37. The SMILES string of the molecule is CCOC(=O)C1=C(CN2CC(C)C2)NC(c2nccs2)=N[C@H]1c1ccc(F)cc1Cl. The molecule has 1 atom stereocenters. The van der Waals surface area contributed by atoms with Crippen molar-refractivity contribution in [2.75, 3.05) is 26.2 Å². The van der Waals surface area contributed by atoms with Crippen LogP contribution in [-0.2, 0) is 9.53 Å². The van der Waals surface area contributed by atoms with Gasteiger partial charge in [-0.1, -0.05) is 24.6 Å². The van der Waals surface area contributed by atoms with Gasteiger partial charge in [0.05, 0.1) is 12.2 Å². The second kappa shape index (κ2) is 8.83. The number of esters is 1. The van der Waals surface area contributed by atoms with E-state index in [0.717, 1.165) is 13.1 Å². The molecule has 1 aromatic heterocycles. The van der Waals surface area contributed by atoms with Crippen molar-refractivity contribution in [1.82, 2.24) is 15.2 Å². The van der Waals surface area contributed by atoms with Gasteiger partial charge in [-0.15, -0.1) is 11.3 Å².